The maximum Gasteiger partial charge on any atom is 0.0717 e. The van der Waals surface area contributed by atoms with Gasteiger partial charge in [-0.15, -0.1) is 0 Å². The van der Waals surface area contributed by atoms with Crippen molar-refractivity contribution in [3.63, 3.8) is 0 Å². The van der Waals surface area contributed by atoms with Gasteiger partial charge in [-0.3, -0.25) is 4.21 Å². The summed E-state index contributed by atoms with van der Waals surface area (Å²) in [6, 6.07) is 9.88. The summed E-state index contributed by atoms with van der Waals surface area (Å²) in [5, 5.41) is 20.7. The Hall–Kier alpha value is -0.750. The average molecular weight is 357 g/mol. The molecular formula is C19H32O4S. The topological polar surface area (TPSA) is 66.8 Å². The molecule has 5 atom stereocenters. The molecule has 0 aliphatic carbocycles. The van der Waals surface area contributed by atoms with E-state index in [1.165, 1.54) is 0 Å². The van der Waals surface area contributed by atoms with Gasteiger partial charge in [-0.25, -0.2) is 0 Å². The molecule has 0 aliphatic rings. The van der Waals surface area contributed by atoms with Gasteiger partial charge in [0.25, 0.3) is 0 Å². The average Bonchev–Trinajstić information content (AvgIpc) is 2.53. The first-order valence-corrected chi connectivity index (χ1v) is 9.81. The molecule has 0 aromatic heterocycles. The third-order valence-electron chi connectivity index (χ3n) is 4.23. The van der Waals surface area contributed by atoms with E-state index in [0.717, 1.165) is 5.56 Å². The standard InChI is InChI=1S/C19H32O4S/c1-14(11-23-12-16-9-7-6-8-10-16)18(21)15(2)17(20)13-24(22)19(3,4)5/h6-10,14-15,17-18,20-21H,11-13H2,1-5H3/t14-,15-,17+,18-,24+/m0/s1. The molecule has 1 aromatic carbocycles. The molecular weight excluding hydrogens is 324 g/mol. The highest BCUT2D eigenvalue weighted by molar-refractivity contribution is 7.86. The van der Waals surface area contributed by atoms with Crippen molar-refractivity contribution in [2.24, 2.45) is 11.8 Å². The van der Waals surface area contributed by atoms with Gasteiger partial charge in [0.05, 0.1) is 31.2 Å². The highest BCUT2D eigenvalue weighted by Gasteiger charge is 2.30. The first-order valence-electron chi connectivity index (χ1n) is 8.49. The number of ether oxygens (including phenoxy) is 1. The van der Waals surface area contributed by atoms with Gasteiger partial charge in [0, 0.05) is 27.4 Å². The predicted octanol–water partition coefficient (Wildman–Crippen LogP) is 2.74. The van der Waals surface area contributed by atoms with Crippen LogP contribution in [-0.2, 0) is 22.1 Å². The van der Waals surface area contributed by atoms with Gasteiger partial charge in [0.1, 0.15) is 0 Å². The Morgan fingerprint density at radius 2 is 1.71 bits per heavy atom. The van der Waals surface area contributed by atoms with Crippen molar-refractivity contribution in [2.75, 3.05) is 12.4 Å². The van der Waals surface area contributed by atoms with E-state index in [9.17, 15) is 14.4 Å². The van der Waals surface area contributed by atoms with Gasteiger partial charge < -0.3 is 14.9 Å². The van der Waals surface area contributed by atoms with Crippen molar-refractivity contribution < 1.29 is 19.2 Å². The SMILES string of the molecule is C[C@H]([C@@H](O)[C@@H](C)COCc1ccccc1)[C@H](O)C[S@@](=O)C(C)(C)C. The van der Waals surface area contributed by atoms with Crippen LogP contribution in [0.5, 0.6) is 0 Å². The van der Waals surface area contributed by atoms with E-state index < -0.39 is 23.0 Å². The zero-order valence-electron chi connectivity index (χ0n) is 15.4. The monoisotopic (exact) mass is 356 g/mol. The smallest absolute Gasteiger partial charge is 0.0717 e. The van der Waals surface area contributed by atoms with Crippen molar-refractivity contribution in [2.45, 2.75) is 58.2 Å². The largest absolute Gasteiger partial charge is 0.392 e. The molecule has 0 radical (unpaired) electrons. The van der Waals surface area contributed by atoms with Crippen LogP contribution in [-0.4, -0.2) is 43.7 Å². The summed E-state index contributed by atoms with van der Waals surface area (Å²) < 4.78 is 17.4. The van der Waals surface area contributed by atoms with E-state index in [4.69, 9.17) is 4.74 Å². The first kappa shape index (κ1) is 21.3. The van der Waals surface area contributed by atoms with Gasteiger partial charge in [0.15, 0.2) is 0 Å². The summed E-state index contributed by atoms with van der Waals surface area (Å²) >= 11 is 0. The maximum absolute atomic E-state index is 12.1. The van der Waals surface area contributed by atoms with E-state index in [1.54, 1.807) is 6.92 Å². The molecule has 138 valence electrons. The Morgan fingerprint density at radius 3 is 2.25 bits per heavy atom. The van der Waals surface area contributed by atoms with Crippen LogP contribution in [0.2, 0.25) is 0 Å². The van der Waals surface area contributed by atoms with E-state index in [2.05, 4.69) is 0 Å². The molecule has 5 heteroatoms. The molecule has 4 nitrogen and oxygen atoms in total. The zero-order chi connectivity index (χ0) is 18.3. The summed E-state index contributed by atoms with van der Waals surface area (Å²) in [5.41, 5.74) is 1.09. The fourth-order valence-electron chi connectivity index (χ4n) is 2.34. The predicted molar refractivity (Wildman–Crippen MR) is 99.2 cm³/mol. The van der Waals surface area contributed by atoms with E-state index in [-0.39, 0.29) is 22.3 Å². The highest BCUT2D eigenvalue weighted by atomic mass is 32.2. The third-order valence-corrected chi connectivity index (χ3v) is 6.24. The van der Waals surface area contributed by atoms with Gasteiger partial charge in [-0.05, 0) is 26.3 Å². The van der Waals surface area contributed by atoms with Crippen molar-refractivity contribution in [1.82, 2.24) is 0 Å². The lowest BCUT2D eigenvalue weighted by atomic mass is 9.90. The Kier molecular flexibility index (Phi) is 8.57. The Labute approximate surface area is 148 Å². The van der Waals surface area contributed by atoms with Crippen LogP contribution in [0.1, 0.15) is 40.2 Å². The number of benzene rings is 1. The van der Waals surface area contributed by atoms with Crippen LogP contribution in [0.15, 0.2) is 30.3 Å². The minimum atomic E-state index is -1.14. The molecule has 0 aliphatic heterocycles. The first-order chi connectivity index (χ1) is 11.1. The Balaban J connectivity index is 2.43. The van der Waals surface area contributed by atoms with Gasteiger partial charge in [-0.2, -0.15) is 0 Å². The van der Waals surface area contributed by atoms with Crippen molar-refractivity contribution in [3.05, 3.63) is 35.9 Å². The second-order valence-electron chi connectivity index (χ2n) is 7.52. The van der Waals surface area contributed by atoms with Crippen molar-refractivity contribution in [1.29, 1.82) is 0 Å². The molecule has 2 N–H and O–H groups in total. The van der Waals surface area contributed by atoms with Crippen molar-refractivity contribution >= 4 is 10.8 Å². The van der Waals surface area contributed by atoms with Crippen LogP contribution in [0.4, 0.5) is 0 Å². The minimum absolute atomic E-state index is 0.110. The molecule has 0 saturated carbocycles. The van der Waals surface area contributed by atoms with Crippen LogP contribution >= 0.6 is 0 Å². The molecule has 0 amide bonds. The molecule has 24 heavy (non-hydrogen) atoms. The van der Waals surface area contributed by atoms with Crippen LogP contribution < -0.4 is 0 Å². The fourth-order valence-corrected chi connectivity index (χ4v) is 3.45. The summed E-state index contributed by atoms with van der Waals surface area (Å²) in [4.78, 5) is 0. The lowest BCUT2D eigenvalue weighted by Crippen LogP contribution is -2.40. The summed E-state index contributed by atoms with van der Waals surface area (Å²) in [5.74, 6) is -0.285. The Morgan fingerprint density at radius 1 is 1.12 bits per heavy atom. The second kappa shape index (κ2) is 9.66. The molecule has 0 unspecified atom stereocenters. The molecule has 0 bridgehead atoms. The van der Waals surface area contributed by atoms with Crippen LogP contribution in [0, 0.1) is 11.8 Å². The zero-order valence-corrected chi connectivity index (χ0v) is 16.3. The second-order valence-corrected chi connectivity index (χ2v) is 9.77. The van der Waals surface area contributed by atoms with E-state index >= 15 is 0 Å². The molecule has 0 spiro atoms. The molecule has 0 saturated heterocycles. The highest BCUT2D eigenvalue weighted by Crippen LogP contribution is 2.21. The summed E-state index contributed by atoms with van der Waals surface area (Å²) in [7, 11) is -1.14. The number of hydrogen-bond acceptors (Lipinski definition) is 4. The maximum atomic E-state index is 12.1. The lowest BCUT2D eigenvalue weighted by Gasteiger charge is -2.29. The molecule has 0 heterocycles. The van der Waals surface area contributed by atoms with Crippen LogP contribution in [0.3, 0.4) is 0 Å². The Bertz CT molecular complexity index is 498. The quantitative estimate of drug-likeness (QED) is 0.714. The van der Waals surface area contributed by atoms with E-state index in [1.807, 2.05) is 58.0 Å². The minimum Gasteiger partial charge on any atom is -0.392 e. The van der Waals surface area contributed by atoms with E-state index in [0.29, 0.717) is 13.2 Å². The fraction of sp³-hybridized carbons (Fsp3) is 0.684. The number of aliphatic hydroxyl groups excluding tert-OH is 2. The number of hydrogen-bond donors (Lipinski definition) is 2. The number of rotatable bonds is 9. The lowest BCUT2D eigenvalue weighted by molar-refractivity contribution is -0.0285. The van der Waals surface area contributed by atoms with Gasteiger partial charge >= 0.3 is 0 Å². The molecule has 1 aromatic rings. The molecule has 0 fully saturated rings. The summed E-state index contributed by atoms with van der Waals surface area (Å²) in [6.45, 7) is 10.3. The number of aliphatic hydroxyl groups is 2. The van der Waals surface area contributed by atoms with Gasteiger partial charge in [-0.1, -0.05) is 44.2 Å². The molecule has 1 rings (SSSR count). The third kappa shape index (κ3) is 7.01. The van der Waals surface area contributed by atoms with Gasteiger partial charge in [0.2, 0.25) is 0 Å². The normalized spacial score (nSPS) is 18.6. The summed E-state index contributed by atoms with van der Waals surface area (Å²) in [6.07, 6.45) is -1.50. The van der Waals surface area contributed by atoms with Crippen molar-refractivity contribution in [3.8, 4) is 0 Å². The van der Waals surface area contributed by atoms with Crippen LogP contribution in [0.25, 0.3) is 0 Å².